The highest BCUT2D eigenvalue weighted by molar-refractivity contribution is 5.07. The van der Waals surface area contributed by atoms with E-state index in [-0.39, 0.29) is 5.92 Å². The molecule has 0 aromatic heterocycles. The monoisotopic (exact) mass is 452 g/mol. The number of aliphatic hydroxyl groups is 1. The van der Waals surface area contributed by atoms with E-state index in [4.69, 9.17) is 0 Å². The molecule has 174 valence electrons. The lowest BCUT2D eigenvalue weighted by atomic mass is 9.67. The van der Waals surface area contributed by atoms with Crippen molar-refractivity contribution in [1.82, 2.24) is 0 Å². The molecule has 0 bridgehead atoms. The fraction of sp³-hybridized carbons (Fsp3) is 0.800. The lowest BCUT2D eigenvalue weighted by Gasteiger charge is -2.39. The topological polar surface area (TPSA) is 20.2 Å². The normalized spacial score (nSPS) is 27.1. The molecule has 2 aliphatic carbocycles. The van der Waals surface area contributed by atoms with Crippen molar-refractivity contribution in [2.24, 2.45) is 23.7 Å². The zero-order valence-corrected chi connectivity index (χ0v) is 16.2. The van der Waals surface area contributed by atoms with Gasteiger partial charge < -0.3 is 5.11 Å². The summed E-state index contributed by atoms with van der Waals surface area (Å²) in [4.78, 5) is 0. The van der Waals surface area contributed by atoms with Gasteiger partial charge in [0.05, 0.1) is 0 Å². The van der Waals surface area contributed by atoms with E-state index in [2.05, 4.69) is 0 Å². The molecule has 1 nitrogen and oxygen atoms in total. The molecule has 2 fully saturated rings. The number of hydrogen-bond donors (Lipinski definition) is 1. The molecule has 0 aromatic carbocycles. The van der Waals surface area contributed by atoms with Crippen LogP contribution >= 0.6 is 0 Å². The number of hydrogen-bond acceptors (Lipinski definition) is 1. The first-order valence-electron chi connectivity index (χ1n) is 9.99. The van der Waals surface area contributed by atoms with E-state index >= 15 is 0 Å². The molecule has 2 saturated carbocycles. The predicted molar refractivity (Wildman–Crippen MR) is 92.1 cm³/mol. The Morgan fingerprint density at radius 1 is 0.867 bits per heavy atom. The highest BCUT2D eigenvalue weighted by Crippen LogP contribution is 2.51. The van der Waals surface area contributed by atoms with Gasteiger partial charge in [-0.1, -0.05) is 37.8 Å². The highest BCUT2D eigenvalue weighted by Gasteiger charge is 2.73. The molecule has 10 heteroatoms. The van der Waals surface area contributed by atoms with E-state index in [9.17, 15) is 44.6 Å². The first-order valence-corrected chi connectivity index (χ1v) is 9.99. The van der Waals surface area contributed by atoms with E-state index < -0.39 is 48.6 Å². The van der Waals surface area contributed by atoms with Gasteiger partial charge in [-0.3, -0.25) is 0 Å². The summed E-state index contributed by atoms with van der Waals surface area (Å²) in [5.41, 5.74) is -5.31. The molecule has 2 rings (SSSR count). The molecule has 0 aromatic rings. The van der Waals surface area contributed by atoms with E-state index in [1.54, 1.807) is 0 Å². The van der Waals surface area contributed by atoms with Crippen molar-refractivity contribution in [1.29, 1.82) is 0 Å². The maximum absolute atomic E-state index is 13.3. The molecule has 0 saturated heterocycles. The molecule has 2 aliphatic rings. The quantitative estimate of drug-likeness (QED) is 0.327. The van der Waals surface area contributed by atoms with Gasteiger partial charge in [0.1, 0.15) is 0 Å². The second-order valence-electron chi connectivity index (χ2n) is 8.37. The Kier molecular flexibility index (Phi) is 7.96. The summed E-state index contributed by atoms with van der Waals surface area (Å²) in [6.45, 7) is 0. The van der Waals surface area contributed by atoms with Crippen molar-refractivity contribution in [2.75, 3.05) is 0 Å². The molecule has 0 amide bonds. The lowest BCUT2D eigenvalue weighted by Crippen LogP contribution is -2.61. The second-order valence-corrected chi connectivity index (χ2v) is 8.37. The Bertz CT molecular complexity index is 617. The SMILES string of the molecule is OC(C(C/C=C/C1CCC2CCCCC2C1)CC(F)=C(F)F)(C(F)(F)F)C(F)(F)F. The van der Waals surface area contributed by atoms with Crippen LogP contribution in [0.25, 0.3) is 0 Å². The third kappa shape index (κ3) is 5.53. The fourth-order valence-corrected chi connectivity index (χ4v) is 4.84. The van der Waals surface area contributed by atoms with Gasteiger partial charge in [0.2, 0.25) is 0 Å². The van der Waals surface area contributed by atoms with Crippen LogP contribution in [-0.4, -0.2) is 23.1 Å². The molecular weight excluding hydrogens is 427 g/mol. The molecule has 0 aliphatic heterocycles. The largest absolute Gasteiger partial charge is 0.426 e. The van der Waals surface area contributed by atoms with Gasteiger partial charge in [-0.15, -0.1) is 0 Å². The third-order valence-electron chi connectivity index (χ3n) is 6.49. The fourth-order valence-electron chi connectivity index (χ4n) is 4.84. The Morgan fingerprint density at radius 2 is 1.43 bits per heavy atom. The van der Waals surface area contributed by atoms with Crippen molar-refractivity contribution >= 4 is 0 Å². The average Bonchev–Trinajstić information content (AvgIpc) is 2.64. The maximum atomic E-state index is 13.3. The standard InChI is InChI=1S/C20H25F9O/c21-16(17(22)23)11-15(18(30,19(24,25)26)20(27,28)29)7-3-4-12-8-9-13-5-1-2-6-14(13)10-12/h3-4,12-15,30H,1-2,5-11H2/b4-3+. The van der Waals surface area contributed by atoms with Crippen LogP contribution in [0.3, 0.4) is 0 Å². The van der Waals surface area contributed by atoms with E-state index in [0.717, 1.165) is 51.0 Å². The van der Waals surface area contributed by atoms with Gasteiger partial charge in [0, 0.05) is 12.3 Å². The molecule has 0 spiro atoms. The Hall–Kier alpha value is -1.19. The van der Waals surface area contributed by atoms with Gasteiger partial charge in [0.15, 0.2) is 5.83 Å². The van der Waals surface area contributed by atoms with E-state index in [1.807, 2.05) is 0 Å². The van der Waals surface area contributed by atoms with Crippen molar-refractivity contribution in [3.63, 3.8) is 0 Å². The van der Waals surface area contributed by atoms with Gasteiger partial charge >= 0.3 is 18.4 Å². The number of rotatable bonds is 6. The highest BCUT2D eigenvalue weighted by atomic mass is 19.4. The van der Waals surface area contributed by atoms with E-state index in [1.165, 1.54) is 6.08 Å². The molecule has 0 radical (unpaired) electrons. The van der Waals surface area contributed by atoms with Crippen LogP contribution in [0.5, 0.6) is 0 Å². The van der Waals surface area contributed by atoms with Crippen LogP contribution < -0.4 is 0 Å². The van der Waals surface area contributed by atoms with Crippen molar-refractivity contribution in [2.45, 2.75) is 75.7 Å². The van der Waals surface area contributed by atoms with Crippen LogP contribution in [0.1, 0.15) is 57.8 Å². The lowest BCUT2D eigenvalue weighted by molar-refractivity contribution is -0.384. The Labute approximate surface area is 169 Å². The molecule has 1 N–H and O–H groups in total. The summed E-state index contributed by atoms with van der Waals surface area (Å²) in [6, 6.07) is 0. The molecule has 4 atom stereocenters. The summed E-state index contributed by atoms with van der Waals surface area (Å²) in [6.07, 6.45) is -9.02. The van der Waals surface area contributed by atoms with Crippen LogP contribution in [0.15, 0.2) is 24.1 Å². The summed E-state index contributed by atoms with van der Waals surface area (Å²) in [5, 5.41) is 9.55. The summed E-state index contributed by atoms with van der Waals surface area (Å²) < 4.78 is 117. The first-order chi connectivity index (χ1) is 13.8. The Morgan fingerprint density at radius 3 is 1.97 bits per heavy atom. The van der Waals surface area contributed by atoms with Crippen LogP contribution in [0.2, 0.25) is 0 Å². The number of alkyl halides is 6. The minimum Gasteiger partial charge on any atom is -0.373 e. The maximum Gasteiger partial charge on any atom is 0.426 e. The van der Waals surface area contributed by atoms with Crippen molar-refractivity contribution in [3.05, 3.63) is 24.1 Å². The summed E-state index contributed by atoms with van der Waals surface area (Å²) >= 11 is 0. The molecular formula is C20H25F9O. The van der Waals surface area contributed by atoms with Crippen molar-refractivity contribution < 1.29 is 44.6 Å². The average molecular weight is 452 g/mol. The smallest absolute Gasteiger partial charge is 0.373 e. The van der Waals surface area contributed by atoms with Gasteiger partial charge in [-0.25, -0.2) is 4.39 Å². The van der Waals surface area contributed by atoms with E-state index in [0.29, 0.717) is 11.8 Å². The zero-order valence-electron chi connectivity index (χ0n) is 16.2. The minimum absolute atomic E-state index is 0.0480. The van der Waals surface area contributed by atoms with Crippen LogP contribution in [0, 0.1) is 23.7 Å². The minimum atomic E-state index is -6.21. The van der Waals surface area contributed by atoms with Crippen molar-refractivity contribution in [3.8, 4) is 0 Å². The van der Waals surface area contributed by atoms with Gasteiger partial charge in [-0.05, 0) is 43.4 Å². The number of halogens is 9. The third-order valence-corrected chi connectivity index (χ3v) is 6.49. The first kappa shape index (κ1) is 25.1. The summed E-state index contributed by atoms with van der Waals surface area (Å²) in [5.74, 6) is -4.28. The molecule has 4 unspecified atom stereocenters. The zero-order chi connectivity index (χ0) is 22.7. The predicted octanol–water partition coefficient (Wildman–Crippen LogP) is 7.48. The Balaban J connectivity index is 2.19. The molecule has 30 heavy (non-hydrogen) atoms. The van der Waals surface area contributed by atoms with Crippen LogP contribution in [-0.2, 0) is 0 Å². The number of fused-ring (bicyclic) bond motifs is 1. The summed E-state index contributed by atoms with van der Waals surface area (Å²) in [7, 11) is 0. The van der Waals surface area contributed by atoms with Crippen LogP contribution in [0.4, 0.5) is 39.5 Å². The van der Waals surface area contributed by atoms with Gasteiger partial charge in [-0.2, -0.15) is 35.1 Å². The molecule has 0 heterocycles. The van der Waals surface area contributed by atoms with Gasteiger partial charge in [0.25, 0.3) is 5.60 Å². The second kappa shape index (κ2) is 9.53. The number of allylic oxidation sites excluding steroid dienone is 3.